The minimum Gasteiger partial charge on any atom is -0.469 e. The second-order valence-electron chi connectivity index (χ2n) is 11.4. The Morgan fingerprint density at radius 2 is 1.96 bits per heavy atom. The van der Waals surface area contributed by atoms with Gasteiger partial charge in [0.05, 0.1) is 7.11 Å². The minimum absolute atomic E-state index is 0.0420. The second-order valence-corrected chi connectivity index (χ2v) is 11.4. The van der Waals surface area contributed by atoms with Crippen molar-refractivity contribution in [3.8, 4) is 0 Å². The third kappa shape index (κ3) is 3.18. The lowest BCUT2D eigenvalue weighted by Gasteiger charge is -2.58. The zero-order chi connectivity index (χ0) is 20.1. The molecule has 28 heavy (non-hydrogen) atoms. The van der Waals surface area contributed by atoms with Crippen molar-refractivity contribution in [2.45, 2.75) is 91.9 Å². The molecule has 0 amide bonds. The average molecular weight is 387 g/mol. The van der Waals surface area contributed by atoms with Gasteiger partial charge in [0.15, 0.2) is 0 Å². The van der Waals surface area contributed by atoms with Gasteiger partial charge in [-0.25, -0.2) is 0 Å². The average Bonchev–Trinajstić information content (AvgIpc) is 3.03. The molecule has 4 unspecified atom stereocenters. The molecule has 2 nitrogen and oxygen atoms in total. The molecular formula is C26H42O2. The van der Waals surface area contributed by atoms with E-state index in [1.807, 2.05) is 5.57 Å². The number of rotatable bonds is 4. The van der Waals surface area contributed by atoms with E-state index in [4.69, 9.17) is 4.74 Å². The zero-order valence-electron chi connectivity index (χ0n) is 18.9. The molecular weight excluding hydrogens is 344 g/mol. The summed E-state index contributed by atoms with van der Waals surface area (Å²) in [6.45, 7) is 10.1. The highest BCUT2D eigenvalue weighted by Gasteiger charge is 2.58. The quantitative estimate of drug-likeness (QED) is 0.393. The summed E-state index contributed by atoms with van der Waals surface area (Å²) in [5.74, 6) is 4.97. The Labute approximate surface area is 172 Å². The first kappa shape index (κ1) is 20.5. The Bertz CT molecular complexity index is 636. The predicted octanol–water partition coefficient (Wildman–Crippen LogP) is 6.79. The fourth-order valence-electron chi connectivity index (χ4n) is 8.47. The van der Waals surface area contributed by atoms with Crippen molar-refractivity contribution in [3.63, 3.8) is 0 Å². The summed E-state index contributed by atoms with van der Waals surface area (Å²) in [6.07, 6.45) is 15.4. The van der Waals surface area contributed by atoms with E-state index >= 15 is 0 Å². The summed E-state index contributed by atoms with van der Waals surface area (Å²) in [5, 5.41) is 0. The van der Waals surface area contributed by atoms with Crippen LogP contribution in [-0.4, -0.2) is 13.1 Å². The molecule has 4 aliphatic rings. The molecule has 0 saturated heterocycles. The van der Waals surface area contributed by atoms with Gasteiger partial charge in [-0.15, -0.1) is 0 Å². The molecule has 3 fully saturated rings. The van der Waals surface area contributed by atoms with Crippen LogP contribution in [0.4, 0.5) is 0 Å². The fraction of sp³-hybridized carbons (Fsp3) is 0.885. The maximum absolute atomic E-state index is 11.6. The van der Waals surface area contributed by atoms with Gasteiger partial charge in [-0.05, 0) is 104 Å². The first-order chi connectivity index (χ1) is 13.3. The van der Waals surface area contributed by atoms with Gasteiger partial charge in [0, 0.05) is 6.42 Å². The van der Waals surface area contributed by atoms with Gasteiger partial charge in [0.2, 0.25) is 0 Å². The molecule has 8 atom stereocenters. The molecule has 4 rings (SSSR count). The van der Waals surface area contributed by atoms with E-state index in [1.165, 1.54) is 58.5 Å². The number of carbonyl (C=O) groups excluding carboxylic acids is 1. The predicted molar refractivity (Wildman–Crippen MR) is 115 cm³/mol. The van der Waals surface area contributed by atoms with Crippen molar-refractivity contribution in [1.82, 2.24) is 0 Å². The summed E-state index contributed by atoms with van der Waals surface area (Å²) in [7, 11) is 1.51. The van der Waals surface area contributed by atoms with Crippen molar-refractivity contribution < 1.29 is 9.53 Å². The number of methoxy groups -OCH3 is 1. The largest absolute Gasteiger partial charge is 0.469 e. The van der Waals surface area contributed by atoms with Gasteiger partial charge in [-0.1, -0.05) is 39.3 Å². The Kier molecular flexibility index (Phi) is 5.47. The summed E-state index contributed by atoms with van der Waals surface area (Å²) in [5.41, 5.74) is 2.79. The normalized spacial score (nSPS) is 46.0. The Morgan fingerprint density at radius 1 is 1.18 bits per heavy atom. The molecule has 0 spiro atoms. The van der Waals surface area contributed by atoms with Gasteiger partial charge in [0.25, 0.3) is 0 Å². The highest BCUT2D eigenvalue weighted by atomic mass is 16.5. The summed E-state index contributed by atoms with van der Waals surface area (Å²) in [6, 6.07) is 0. The van der Waals surface area contributed by atoms with Crippen LogP contribution in [0.15, 0.2) is 11.6 Å². The fourth-order valence-corrected chi connectivity index (χ4v) is 8.47. The minimum atomic E-state index is -0.0420. The Morgan fingerprint density at radius 3 is 2.71 bits per heavy atom. The molecule has 2 heteroatoms. The number of fused-ring (bicyclic) bond motifs is 5. The van der Waals surface area contributed by atoms with Crippen molar-refractivity contribution in [3.05, 3.63) is 11.6 Å². The molecule has 4 aliphatic carbocycles. The number of allylic oxidation sites excluding steroid dienone is 2. The zero-order valence-corrected chi connectivity index (χ0v) is 18.9. The molecule has 158 valence electrons. The van der Waals surface area contributed by atoms with Crippen LogP contribution in [0.1, 0.15) is 91.9 Å². The molecule has 0 bridgehead atoms. The van der Waals surface area contributed by atoms with Crippen LogP contribution in [0, 0.1) is 46.3 Å². The number of ether oxygens (including phenoxy) is 1. The van der Waals surface area contributed by atoms with Crippen LogP contribution in [0.2, 0.25) is 0 Å². The lowest BCUT2D eigenvalue weighted by Crippen LogP contribution is -2.50. The van der Waals surface area contributed by atoms with Crippen LogP contribution >= 0.6 is 0 Å². The first-order valence-corrected chi connectivity index (χ1v) is 12.1. The molecule has 3 saturated carbocycles. The van der Waals surface area contributed by atoms with Crippen molar-refractivity contribution >= 4 is 5.97 Å². The summed E-state index contributed by atoms with van der Waals surface area (Å²) < 4.78 is 4.89. The molecule has 0 aromatic heterocycles. The van der Waals surface area contributed by atoms with E-state index in [9.17, 15) is 4.79 Å². The lowest BCUT2D eigenvalue weighted by molar-refractivity contribution is -0.141. The number of hydrogen-bond acceptors (Lipinski definition) is 2. The van der Waals surface area contributed by atoms with Gasteiger partial charge in [0.1, 0.15) is 0 Å². The van der Waals surface area contributed by atoms with E-state index in [1.54, 1.807) is 0 Å². The first-order valence-electron chi connectivity index (χ1n) is 12.1. The maximum Gasteiger partial charge on any atom is 0.305 e. The van der Waals surface area contributed by atoms with Gasteiger partial charge in [-0.3, -0.25) is 4.79 Å². The highest BCUT2D eigenvalue weighted by Crippen LogP contribution is 2.67. The van der Waals surface area contributed by atoms with Crippen molar-refractivity contribution in [1.29, 1.82) is 0 Å². The summed E-state index contributed by atoms with van der Waals surface area (Å²) >= 11 is 0. The molecule has 0 aliphatic heterocycles. The van der Waals surface area contributed by atoms with Crippen LogP contribution in [0.3, 0.4) is 0 Å². The van der Waals surface area contributed by atoms with Gasteiger partial charge < -0.3 is 4.74 Å². The molecule has 0 N–H and O–H groups in total. The van der Waals surface area contributed by atoms with Crippen LogP contribution in [-0.2, 0) is 9.53 Å². The number of carbonyl (C=O) groups is 1. The monoisotopic (exact) mass is 386 g/mol. The van der Waals surface area contributed by atoms with E-state index in [2.05, 4.69) is 33.8 Å². The van der Waals surface area contributed by atoms with Crippen molar-refractivity contribution in [2.24, 2.45) is 46.3 Å². The van der Waals surface area contributed by atoms with Crippen LogP contribution in [0.25, 0.3) is 0 Å². The second kappa shape index (κ2) is 7.47. The van der Waals surface area contributed by atoms with E-state index in [0.29, 0.717) is 23.2 Å². The van der Waals surface area contributed by atoms with E-state index in [-0.39, 0.29) is 5.97 Å². The summed E-state index contributed by atoms with van der Waals surface area (Å²) in [4.78, 5) is 11.6. The molecule has 0 radical (unpaired) electrons. The lowest BCUT2D eigenvalue weighted by atomic mass is 9.46. The van der Waals surface area contributed by atoms with Crippen LogP contribution in [0.5, 0.6) is 0 Å². The Hall–Kier alpha value is -0.790. The number of hydrogen-bond donors (Lipinski definition) is 0. The topological polar surface area (TPSA) is 26.3 Å². The molecule has 0 heterocycles. The smallest absolute Gasteiger partial charge is 0.305 e. The van der Waals surface area contributed by atoms with E-state index < -0.39 is 0 Å². The molecule has 0 aromatic carbocycles. The van der Waals surface area contributed by atoms with Gasteiger partial charge in [-0.2, -0.15) is 0 Å². The highest BCUT2D eigenvalue weighted by molar-refractivity contribution is 5.69. The standard InChI is InChI=1S/C26H42O2/c1-17-12-14-25(3)19(16-17)7-8-20-22-10-9-21(18(2)6-11-24(27)28-5)26(22,4)15-13-23(20)25/h7,17-18,20-23H,6,8-16H2,1-5H3/t17?,18-,20?,21-,22?,23?,25+,26-/m1/s1. The number of esters is 1. The van der Waals surface area contributed by atoms with E-state index in [0.717, 1.165) is 36.0 Å². The van der Waals surface area contributed by atoms with Gasteiger partial charge >= 0.3 is 5.97 Å². The molecule has 0 aromatic rings. The maximum atomic E-state index is 11.6. The van der Waals surface area contributed by atoms with Crippen LogP contribution < -0.4 is 0 Å². The SMILES string of the molecule is COC(=O)CC[C@@H](C)[C@H]1CCC2C3CC=C4CC(C)CC[C@]4(C)C3CC[C@@]21C. The third-order valence-corrected chi connectivity index (χ3v) is 10.1. The van der Waals surface area contributed by atoms with Crippen molar-refractivity contribution in [2.75, 3.05) is 7.11 Å². The third-order valence-electron chi connectivity index (χ3n) is 10.1. The Balaban J connectivity index is 1.51.